The fourth-order valence-corrected chi connectivity index (χ4v) is 5.18. The Morgan fingerprint density at radius 3 is 2.50 bits per heavy atom. The lowest BCUT2D eigenvalue weighted by molar-refractivity contribution is 0.173. The molecule has 0 bridgehead atoms. The fourth-order valence-electron chi connectivity index (χ4n) is 3.08. The minimum atomic E-state index is -1.55. The van der Waals surface area contributed by atoms with Crippen LogP contribution in [0.25, 0.3) is 0 Å². The number of aromatic nitrogens is 4. The summed E-state index contributed by atoms with van der Waals surface area (Å²) in [7, 11) is 0.156. The van der Waals surface area contributed by atoms with Gasteiger partial charge in [0.15, 0.2) is 0 Å². The van der Waals surface area contributed by atoms with E-state index in [1.165, 1.54) is 0 Å². The Morgan fingerprint density at radius 1 is 1.15 bits per heavy atom. The van der Waals surface area contributed by atoms with Crippen molar-refractivity contribution < 1.29 is 4.74 Å². The molecule has 1 fully saturated rings. The number of halogens is 1. The molecule has 0 amide bonds. The number of hydrogen-bond donors (Lipinski definition) is 0. The molecule has 0 spiro atoms. The van der Waals surface area contributed by atoms with Crippen molar-refractivity contribution in [3.63, 3.8) is 0 Å². The van der Waals surface area contributed by atoms with Gasteiger partial charge in [-0.1, -0.05) is 31.2 Å². The Hall–Kier alpha value is -1.77. The van der Waals surface area contributed by atoms with Crippen LogP contribution < -0.4 is 15.0 Å². The molecule has 0 aromatic carbocycles. The summed E-state index contributed by atoms with van der Waals surface area (Å²) in [6.07, 6.45) is 5.42. The maximum absolute atomic E-state index is 6.46. The van der Waals surface area contributed by atoms with Gasteiger partial charge in [0, 0.05) is 45.3 Å². The number of methoxy groups -OCH3 is 1. The molecule has 1 aliphatic rings. The van der Waals surface area contributed by atoms with E-state index in [1.807, 2.05) is 12.3 Å². The van der Waals surface area contributed by atoms with E-state index in [-0.39, 0.29) is 6.04 Å². The van der Waals surface area contributed by atoms with Gasteiger partial charge in [0.2, 0.25) is 11.9 Å². The lowest BCUT2D eigenvalue weighted by atomic mass is 10.2. The largest absolute Gasteiger partial charge is 0.382 e. The lowest BCUT2D eigenvalue weighted by Crippen LogP contribution is -2.56. The number of piperazine rings is 1. The Balaban J connectivity index is 1.80. The quantitative estimate of drug-likeness (QED) is 0.567. The fraction of sp³-hybridized carbons (Fsp3) is 0.529. The number of nitrogens with zero attached hydrogens (tertiary/aromatic N) is 6. The summed E-state index contributed by atoms with van der Waals surface area (Å²) < 4.78 is 5.42. The molecule has 26 heavy (non-hydrogen) atoms. The molecule has 3 heterocycles. The van der Waals surface area contributed by atoms with E-state index in [9.17, 15) is 0 Å². The predicted molar refractivity (Wildman–Crippen MR) is 107 cm³/mol. The topological polar surface area (TPSA) is 67.3 Å². The van der Waals surface area contributed by atoms with Crippen LogP contribution in [0.3, 0.4) is 0 Å². The maximum Gasteiger partial charge on any atom is 0.226 e. The summed E-state index contributed by atoms with van der Waals surface area (Å²) in [6.45, 7) is 9.58. The zero-order chi connectivity index (χ0) is 18.7. The SMILES string of the molecule is COC[C@H]1CN(c2ncc([Si](C)(C)C)c(Cl)n2)CCN1c1ncccn1. The standard InChI is InChI=1S/C17H25ClN6OSi/c1-25-12-13-11-23(8-9-24(13)16-19-6-5-7-20-16)17-21-10-14(15(18)22-17)26(2,3)4/h5-7,10,13H,8-9,11-12H2,1-4H3/t13-/m1/s1. The molecule has 9 heteroatoms. The highest BCUT2D eigenvalue weighted by atomic mass is 35.5. The highest BCUT2D eigenvalue weighted by molar-refractivity contribution is 6.90. The summed E-state index contributed by atoms with van der Waals surface area (Å²) in [5.41, 5.74) is 0. The average molecular weight is 393 g/mol. The third-order valence-electron chi connectivity index (χ3n) is 4.47. The first-order chi connectivity index (χ1) is 12.4. The molecule has 1 atom stereocenters. The first-order valence-electron chi connectivity index (χ1n) is 8.70. The van der Waals surface area contributed by atoms with Crippen molar-refractivity contribution >= 4 is 36.8 Å². The molecule has 2 aromatic heterocycles. The lowest BCUT2D eigenvalue weighted by Gasteiger charge is -2.41. The molecular weight excluding hydrogens is 368 g/mol. The normalized spacial score (nSPS) is 18.3. The van der Waals surface area contributed by atoms with Gasteiger partial charge in [-0.2, -0.15) is 0 Å². The van der Waals surface area contributed by atoms with E-state index in [1.54, 1.807) is 19.5 Å². The minimum absolute atomic E-state index is 0.121. The van der Waals surface area contributed by atoms with Gasteiger partial charge in [-0.3, -0.25) is 0 Å². The third kappa shape index (κ3) is 4.13. The monoisotopic (exact) mass is 392 g/mol. The highest BCUT2D eigenvalue weighted by Crippen LogP contribution is 2.20. The molecule has 3 rings (SSSR count). The van der Waals surface area contributed by atoms with Crippen LogP contribution in [0.1, 0.15) is 0 Å². The molecule has 7 nitrogen and oxygen atoms in total. The van der Waals surface area contributed by atoms with Crippen LogP contribution in [-0.4, -0.2) is 67.4 Å². The molecule has 140 valence electrons. The van der Waals surface area contributed by atoms with Gasteiger partial charge in [-0.25, -0.2) is 19.9 Å². The predicted octanol–water partition coefficient (Wildman–Crippen LogP) is 1.81. The van der Waals surface area contributed by atoms with Gasteiger partial charge in [-0.05, 0) is 11.3 Å². The van der Waals surface area contributed by atoms with Crippen molar-refractivity contribution in [3.8, 4) is 0 Å². The number of rotatable bonds is 5. The summed E-state index contributed by atoms with van der Waals surface area (Å²) >= 11 is 6.46. The first kappa shape index (κ1) is 19.0. The van der Waals surface area contributed by atoms with Gasteiger partial charge in [0.1, 0.15) is 5.15 Å². The molecule has 1 saturated heterocycles. The second kappa shape index (κ2) is 7.85. The van der Waals surface area contributed by atoms with E-state index in [0.29, 0.717) is 17.7 Å². The summed E-state index contributed by atoms with van der Waals surface area (Å²) in [5, 5.41) is 1.67. The smallest absolute Gasteiger partial charge is 0.226 e. The molecule has 0 N–H and O–H groups in total. The Kier molecular flexibility index (Phi) is 5.74. The number of ether oxygens (including phenoxy) is 1. The molecule has 1 aliphatic heterocycles. The maximum atomic E-state index is 6.46. The Labute approximate surface area is 160 Å². The molecule has 0 unspecified atom stereocenters. The van der Waals surface area contributed by atoms with Crippen molar-refractivity contribution in [2.75, 3.05) is 43.2 Å². The summed E-state index contributed by atoms with van der Waals surface area (Å²) in [5.74, 6) is 1.40. The van der Waals surface area contributed by atoms with Crippen LogP contribution in [0.5, 0.6) is 0 Å². The highest BCUT2D eigenvalue weighted by Gasteiger charge is 2.31. The summed E-state index contributed by atoms with van der Waals surface area (Å²) in [4.78, 5) is 22.3. The first-order valence-corrected chi connectivity index (χ1v) is 12.6. The zero-order valence-corrected chi connectivity index (χ0v) is 17.4. The van der Waals surface area contributed by atoms with E-state index in [0.717, 1.165) is 30.8 Å². The van der Waals surface area contributed by atoms with E-state index in [2.05, 4.69) is 49.4 Å². The van der Waals surface area contributed by atoms with E-state index in [4.69, 9.17) is 16.3 Å². The average Bonchev–Trinajstić information content (AvgIpc) is 2.61. The summed E-state index contributed by atoms with van der Waals surface area (Å²) in [6, 6.07) is 1.94. The van der Waals surface area contributed by atoms with Crippen molar-refractivity contribution in [2.24, 2.45) is 0 Å². The third-order valence-corrected chi connectivity index (χ3v) is 6.90. The van der Waals surface area contributed by atoms with Crippen LogP contribution in [0, 0.1) is 0 Å². The van der Waals surface area contributed by atoms with Crippen LogP contribution in [0.4, 0.5) is 11.9 Å². The van der Waals surface area contributed by atoms with Gasteiger partial charge in [0.05, 0.1) is 20.7 Å². The van der Waals surface area contributed by atoms with Crippen molar-refractivity contribution in [1.29, 1.82) is 0 Å². The Morgan fingerprint density at radius 2 is 1.88 bits per heavy atom. The molecule has 0 aliphatic carbocycles. The van der Waals surface area contributed by atoms with Crippen LogP contribution in [0.2, 0.25) is 24.8 Å². The van der Waals surface area contributed by atoms with Gasteiger partial charge < -0.3 is 14.5 Å². The van der Waals surface area contributed by atoms with Gasteiger partial charge in [0.25, 0.3) is 0 Å². The molecule has 2 aromatic rings. The molecule has 0 saturated carbocycles. The van der Waals surface area contributed by atoms with Crippen LogP contribution >= 0.6 is 11.6 Å². The number of anilines is 2. The Bertz CT molecular complexity index is 742. The molecule has 0 radical (unpaired) electrons. The zero-order valence-electron chi connectivity index (χ0n) is 15.7. The van der Waals surface area contributed by atoms with Crippen LogP contribution in [0.15, 0.2) is 24.7 Å². The van der Waals surface area contributed by atoms with Crippen molar-refractivity contribution in [3.05, 3.63) is 29.8 Å². The van der Waals surface area contributed by atoms with E-state index < -0.39 is 8.07 Å². The number of hydrogen-bond acceptors (Lipinski definition) is 7. The van der Waals surface area contributed by atoms with Crippen LogP contribution in [-0.2, 0) is 4.74 Å². The molecular formula is C17H25ClN6OSi. The van der Waals surface area contributed by atoms with Gasteiger partial charge in [-0.15, -0.1) is 0 Å². The minimum Gasteiger partial charge on any atom is -0.382 e. The van der Waals surface area contributed by atoms with Gasteiger partial charge >= 0.3 is 0 Å². The van der Waals surface area contributed by atoms with E-state index >= 15 is 0 Å². The van der Waals surface area contributed by atoms with Crippen molar-refractivity contribution in [2.45, 2.75) is 25.7 Å². The second-order valence-electron chi connectivity index (χ2n) is 7.42. The second-order valence-corrected chi connectivity index (χ2v) is 12.8. The van der Waals surface area contributed by atoms with Crippen molar-refractivity contribution in [1.82, 2.24) is 19.9 Å².